The van der Waals surface area contributed by atoms with Crippen molar-refractivity contribution in [1.82, 2.24) is 9.21 Å². The molecule has 1 aromatic carbocycles. The van der Waals surface area contributed by atoms with Crippen molar-refractivity contribution in [2.45, 2.75) is 30.7 Å². The van der Waals surface area contributed by atoms with Gasteiger partial charge in [0.25, 0.3) is 11.8 Å². The van der Waals surface area contributed by atoms with Crippen LogP contribution < -0.4 is 5.32 Å². The number of esters is 1. The number of ether oxygens (including phenoxy) is 2. The molecule has 0 spiro atoms. The third kappa shape index (κ3) is 5.72. The molecule has 1 N–H and O–H groups in total. The van der Waals surface area contributed by atoms with E-state index < -0.39 is 34.5 Å². The highest BCUT2D eigenvalue weighted by Gasteiger charge is 2.36. The van der Waals surface area contributed by atoms with Crippen molar-refractivity contribution >= 4 is 44.8 Å². The number of amides is 2. The highest BCUT2D eigenvalue weighted by atomic mass is 32.2. The average molecular weight is 522 g/mol. The van der Waals surface area contributed by atoms with Gasteiger partial charge in [0.1, 0.15) is 10.9 Å². The van der Waals surface area contributed by atoms with Gasteiger partial charge in [0.15, 0.2) is 6.61 Å². The average Bonchev–Trinajstić information content (AvgIpc) is 3.56. The molecular formula is C23H27N3O7S2. The van der Waals surface area contributed by atoms with Gasteiger partial charge in [-0.05, 0) is 48.9 Å². The molecule has 3 heterocycles. The summed E-state index contributed by atoms with van der Waals surface area (Å²) in [5.41, 5.74) is 0.830. The third-order valence-electron chi connectivity index (χ3n) is 5.86. The number of morpholine rings is 1. The molecular weight excluding hydrogens is 494 g/mol. The molecule has 2 fully saturated rings. The number of benzene rings is 1. The van der Waals surface area contributed by atoms with E-state index in [0.717, 1.165) is 5.56 Å². The molecule has 2 aliphatic heterocycles. The Bertz CT molecular complexity index is 1190. The standard InChI is InChI=1S/C23H27N3O7S2/c1-16-6-7-17(20(14-16)35(30,31)25-9-11-32-12-10-25)24-21(27)15-33-23(29)18-4-2-8-26(18)22(28)19-5-3-13-34-19/h3,5-7,13-14,18H,2,4,8-12,15H2,1H3,(H,24,27). The van der Waals surface area contributed by atoms with E-state index in [0.29, 0.717) is 37.5 Å². The van der Waals surface area contributed by atoms with Gasteiger partial charge in [0, 0.05) is 19.6 Å². The molecule has 2 saturated heterocycles. The summed E-state index contributed by atoms with van der Waals surface area (Å²) in [6.45, 7) is 2.66. The number of hydrogen-bond donors (Lipinski definition) is 1. The van der Waals surface area contributed by atoms with Crippen molar-refractivity contribution in [1.29, 1.82) is 0 Å². The lowest BCUT2D eigenvalue weighted by Gasteiger charge is -2.27. The van der Waals surface area contributed by atoms with E-state index in [1.165, 1.54) is 32.7 Å². The summed E-state index contributed by atoms with van der Waals surface area (Å²) in [4.78, 5) is 39.9. The first-order valence-corrected chi connectivity index (χ1v) is 13.6. The number of thiophene rings is 1. The number of carbonyl (C=O) groups excluding carboxylic acids is 3. The van der Waals surface area contributed by atoms with E-state index >= 15 is 0 Å². The van der Waals surface area contributed by atoms with Crippen LogP contribution in [-0.4, -0.2) is 80.9 Å². The lowest BCUT2D eigenvalue weighted by Crippen LogP contribution is -2.42. The lowest BCUT2D eigenvalue weighted by molar-refractivity contribution is -0.151. The van der Waals surface area contributed by atoms with Gasteiger partial charge in [-0.15, -0.1) is 11.3 Å². The zero-order chi connectivity index (χ0) is 25.0. The molecule has 1 atom stereocenters. The summed E-state index contributed by atoms with van der Waals surface area (Å²) in [6, 6.07) is 7.41. The second-order valence-corrected chi connectivity index (χ2v) is 11.2. The Morgan fingerprint density at radius 3 is 2.66 bits per heavy atom. The molecule has 0 radical (unpaired) electrons. The molecule has 1 aromatic heterocycles. The topological polar surface area (TPSA) is 122 Å². The largest absolute Gasteiger partial charge is 0.454 e. The quantitative estimate of drug-likeness (QED) is 0.552. The fraction of sp³-hybridized carbons (Fsp3) is 0.435. The minimum absolute atomic E-state index is 0.0254. The molecule has 35 heavy (non-hydrogen) atoms. The number of nitrogens with one attached hydrogen (secondary N) is 1. The lowest BCUT2D eigenvalue weighted by atomic mass is 10.2. The molecule has 0 aliphatic carbocycles. The summed E-state index contributed by atoms with van der Waals surface area (Å²) in [6.07, 6.45) is 1.12. The number of nitrogens with zero attached hydrogens (tertiary/aromatic N) is 2. The van der Waals surface area contributed by atoms with Crippen LogP contribution in [0.1, 0.15) is 28.1 Å². The van der Waals surface area contributed by atoms with Gasteiger partial charge >= 0.3 is 5.97 Å². The van der Waals surface area contributed by atoms with Gasteiger partial charge < -0.3 is 19.7 Å². The van der Waals surface area contributed by atoms with Crippen molar-refractivity contribution in [3.05, 3.63) is 46.2 Å². The van der Waals surface area contributed by atoms with Gasteiger partial charge in [-0.2, -0.15) is 4.31 Å². The van der Waals surface area contributed by atoms with Crippen LogP contribution in [-0.2, 0) is 29.1 Å². The van der Waals surface area contributed by atoms with Crippen LogP contribution in [0.4, 0.5) is 5.69 Å². The summed E-state index contributed by atoms with van der Waals surface area (Å²) < 4.78 is 38.1. The Morgan fingerprint density at radius 2 is 1.94 bits per heavy atom. The van der Waals surface area contributed by atoms with E-state index in [4.69, 9.17) is 9.47 Å². The molecule has 2 aliphatic rings. The van der Waals surface area contributed by atoms with Crippen LogP contribution in [0.2, 0.25) is 0 Å². The van der Waals surface area contributed by atoms with Crippen LogP contribution in [0, 0.1) is 6.92 Å². The van der Waals surface area contributed by atoms with E-state index in [1.54, 1.807) is 30.5 Å². The number of sulfonamides is 1. The van der Waals surface area contributed by atoms with Crippen molar-refractivity contribution in [3.8, 4) is 0 Å². The molecule has 188 valence electrons. The number of aryl methyl sites for hydroxylation is 1. The Labute approximate surface area is 207 Å². The van der Waals surface area contributed by atoms with Crippen LogP contribution >= 0.6 is 11.3 Å². The molecule has 12 heteroatoms. The predicted molar refractivity (Wildman–Crippen MR) is 129 cm³/mol. The van der Waals surface area contributed by atoms with Gasteiger partial charge in [-0.3, -0.25) is 9.59 Å². The molecule has 4 rings (SSSR count). The SMILES string of the molecule is Cc1ccc(NC(=O)COC(=O)C2CCCN2C(=O)c2cccs2)c(S(=O)(=O)N2CCOCC2)c1. The molecule has 2 amide bonds. The molecule has 0 saturated carbocycles. The van der Waals surface area contributed by atoms with Gasteiger partial charge in [-0.25, -0.2) is 13.2 Å². The van der Waals surface area contributed by atoms with Crippen molar-refractivity contribution in [2.75, 3.05) is 44.8 Å². The Balaban J connectivity index is 1.40. The zero-order valence-corrected chi connectivity index (χ0v) is 20.9. The van der Waals surface area contributed by atoms with E-state index in [9.17, 15) is 22.8 Å². The Kier molecular flexibility index (Phi) is 7.85. The van der Waals surface area contributed by atoms with E-state index in [-0.39, 0.29) is 29.6 Å². The van der Waals surface area contributed by atoms with Crippen LogP contribution in [0.25, 0.3) is 0 Å². The van der Waals surface area contributed by atoms with Gasteiger partial charge in [0.05, 0.1) is 23.8 Å². The second-order valence-electron chi connectivity index (χ2n) is 8.31. The van der Waals surface area contributed by atoms with Crippen molar-refractivity contribution < 1.29 is 32.3 Å². The third-order valence-corrected chi connectivity index (χ3v) is 8.66. The van der Waals surface area contributed by atoms with Gasteiger partial charge in [0.2, 0.25) is 10.0 Å². The maximum Gasteiger partial charge on any atom is 0.329 e. The second kappa shape index (κ2) is 10.9. The monoisotopic (exact) mass is 521 g/mol. The van der Waals surface area contributed by atoms with Crippen LogP contribution in [0.3, 0.4) is 0 Å². The van der Waals surface area contributed by atoms with E-state index in [2.05, 4.69) is 5.32 Å². The first-order valence-electron chi connectivity index (χ1n) is 11.3. The minimum atomic E-state index is -3.86. The summed E-state index contributed by atoms with van der Waals surface area (Å²) in [7, 11) is -3.86. The number of rotatable bonds is 7. The zero-order valence-electron chi connectivity index (χ0n) is 19.3. The van der Waals surface area contributed by atoms with Crippen LogP contribution in [0.5, 0.6) is 0 Å². The smallest absolute Gasteiger partial charge is 0.329 e. The molecule has 1 unspecified atom stereocenters. The van der Waals surface area contributed by atoms with Crippen LogP contribution in [0.15, 0.2) is 40.6 Å². The first kappa shape index (κ1) is 25.3. The van der Waals surface area contributed by atoms with Crippen molar-refractivity contribution in [3.63, 3.8) is 0 Å². The number of hydrogen-bond acceptors (Lipinski definition) is 8. The summed E-state index contributed by atoms with van der Waals surface area (Å²) >= 11 is 1.30. The fourth-order valence-electron chi connectivity index (χ4n) is 4.09. The number of anilines is 1. The number of carbonyl (C=O) groups is 3. The highest BCUT2D eigenvalue weighted by Crippen LogP contribution is 2.27. The Morgan fingerprint density at radius 1 is 1.17 bits per heavy atom. The minimum Gasteiger partial charge on any atom is -0.454 e. The maximum absolute atomic E-state index is 13.2. The Hall–Kier alpha value is -2.80. The summed E-state index contributed by atoms with van der Waals surface area (Å²) in [5.74, 6) is -1.57. The number of likely N-dealkylation sites (tertiary alicyclic amines) is 1. The summed E-state index contributed by atoms with van der Waals surface area (Å²) in [5, 5.41) is 4.34. The normalized spacial score (nSPS) is 18.9. The van der Waals surface area contributed by atoms with E-state index in [1.807, 2.05) is 0 Å². The highest BCUT2D eigenvalue weighted by molar-refractivity contribution is 7.89. The first-order chi connectivity index (χ1) is 16.8. The molecule has 2 aromatic rings. The molecule has 10 nitrogen and oxygen atoms in total. The predicted octanol–water partition coefficient (Wildman–Crippen LogP) is 1.86. The fourth-order valence-corrected chi connectivity index (χ4v) is 6.41. The molecule has 0 bridgehead atoms. The van der Waals surface area contributed by atoms with Gasteiger partial charge in [-0.1, -0.05) is 12.1 Å². The van der Waals surface area contributed by atoms with Crippen molar-refractivity contribution in [2.24, 2.45) is 0 Å². The maximum atomic E-state index is 13.2.